The summed E-state index contributed by atoms with van der Waals surface area (Å²) in [6, 6.07) is 3.38. The molecular weight excluding hydrogens is 246 g/mol. The number of aromatic nitrogens is 1. The number of carbonyl (C=O) groups excluding carboxylic acids is 1. The van der Waals surface area contributed by atoms with Gasteiger partial charge in [0.2, 0.25) is 0 Å². The number of pyridine rings is 1. The summed E-state index contributed by atoms with van der Waals surface area (Å²) in [7, 11) is 1.32. The molecule has 0 aliphatic heterocycles. The fourth-order valence-corrected chi connectivity index (χ4v) is 1.23. The van der Waals surface area contributed by atoms with Crippen LogP contribution in [-0.4, -0.2) is 18.1 Å². The van der Waals surface area contributed by atoms with Crippen LogP contribution >= 0.6 is 15.9 Å². The number of esters is 1. The standard InChI is InChI=1S/C10H8BrNO2/c1-7-5-8(3-4-11)6-9(12-7)10(13)14-2/h5-6H,1-2H3. The fraction of sp³-hybridized carbons (Fsp3) is 0.200. The Morgan fingerprint density at radius 1 is 1.57 bits per heavy atom. The maximum absolute atomic E-state index is 11.2. The molecule has 0 unspecified atom stereocenters. The molecule has 0 atom stereocenters. The Morgan fingerprint density at radius 2 is 2.29 bits per heavy atom. The molecule has 0 spiro atoms. The Balaban J connectivity index is 3.17. The first-order valence-electron chi connectivity index (χ1n) is 3.86. The molecule has 1 aromatic rings. The second-order valence-corrected chi connectivity index (χ2v) is 2.99. The lowest BCUT2D eigenvalue weighted by Gasteiger charge is -2.00. The summed E-state index contributed by atoms with van der Waals surface area (Å²) in [5.41, 5.74) is 1.74. The number of ether oxygens (including phenoxy) is 1. The first kappa shape index (κ1) is 10.7. The normalized spacial score (nSPS) is 8.79. The van der Waals surface area contributed by atoms with Crippen LogP contribution in [0.15, 0.2) is 12.1 Å². The van der Waals surface area contributed by atoms with Crippen molar-refractivity contribution in [1.82, 2.24) is 4.98 Å². The Kier molecular flexibility index (Phi) is 3.66. The van der Waals surface area contributed by atoms with Crippen molar-refractivity contribution >= 4 is 21.9 Å². The van der Waals surface area contributed by atoms with Crippen LogP contribution in [0.3, 0.4) is 0 Å². The highest BCUT2D eigenvalue weighted by Crippen LogP contribution is 2.05. The minimum atomic E-state index is -0.452. The average Bonchev–Trinajstić information content (AvgIpc) is 2.16. The maximum atomic E-state index is 11.2. The Labute approximate surface area is 90.6 Å². The first-order chi connectivity index (χ1) is 6.67. The van der Waals surface area contributed by atoms with Crippen LogP contribution in [0.5, 0.6) is 0 Å². The highest BCUT2D eigenvalue weighted by atomic mass is 79.9. The van der Waals surface area contributed by atoms with Crippen LogP contribution < -0.4 is 0 Å². The number of nitrogens with zero attached hydrogens (tertiary/aromatic N) is 1. The van der Waals surface area contributed by atoms with Crippen molar-refractivity contribution < 1.29 is 9.53 Å². The molecule has 1 aromatic heterocycles. The molecule has 0 saturated carbocycles. The number of aryl methyl sites for hydroxylation is 1. The zero-order valence-corrected chi connectivity index (χ0v) is 9.38. The van der Waals surface area contributed by atoms with E-state index in [-0.39, 0.29) is 5.69 Å². The zero-order chi connectivity index (χ0) is 10.6. The zero-order valence-electron chi connectivity index (χ0n) is 7.80. The van der Waals surface area contributed by atoms with E-state index in [2.05, 4.69) is 36.4 Å². The van der Waals surface area contributed by atoms with Crippen molar-refractivity contribution in [2.75, 3.05) is 7.11 Å². The highest BCUT2D eigenvalue weighted by molar-refractivity contribution is 9.12. The van der Waals surface area contributed by atoms with Gasteiger partial charge in [0.05, 0.1) is 7.11 Å². The summed E-state index contributed by atoms with van der Waals surface area (Å²) in [5, 5.41) is 0. The van der Waals surface area contributed by atoms with Crippen molar-refractivity contribution in [3.8, 4) is 10.8 Å². The predicted molar refractivity (Wildman–Crippen MR) is 56.1 cm³/mol. The van der Waals surface area contributed by atoms with Gasteiger partial charge < -0.3 is 4.74 Å². The number of hydrogen-bond acceptors (Lipinski definition) is 3. The third kappa shape index (κ3) is 2.57. The number of rotatable bonds is 1. The summed E-state index contributed by atoms with van der Waals surface area (Å²) < 4.78 is 4.56. The van der Waals surface area contributed by atoms with Crippen molar-refractivity contribution in [3.05, 3.63) is 29.1 Å². The molecule has 0 radical (unpaired) electrons. The smallest absolute Gasteiger partial charge is 0.356 e. The molecule has 0 aliphatic carbocycles. The molecule has 0 saturated heterocycles. The van der Waals surface area contributed by atoms with Crippen LogP contribution in [0.1, 0.15) is 21.7 Å². The second kappa shape index (κ2) is 4.77. The Hall–Kier alpha value is -1.34. The summed E-state index contributed by atoms with van der Waals surface area (Å²) in [5.74, 6) is 2.33. The summed E-state index contributed by atoms with van der Waals surface area (Å²) in [6.45, 7) is 1.80. The molecule has 0 amide bonds. The van der Waals surface area contributed by atoms with E-state index in [1.165, 1.54) is 7.11 Å². The van der Waals surface area contributed by atoms with E-state index in [9.17, 15) is 4.79 Å². The molecule has 0 aromatic carbocycles. The maximum Gasteiger partial charge on any atom is 0.356 e. The molecule has 14 heavy (non-hydrogen) atoms. The number of halogens is 1. The van der Waals surface area contributed by atoms with Gasteiger partial charge in [-0.3, -0.25) is 0 Å². The van der Waals surface area contributed by atoms with Gasteiger partial charge in [0, 0.05) is 27.2 Å². The van der Waals surface area contributed by atoms with E-state index in [0.717, 1.165) is 11.3 Å². The predicted octanol–water partition coefficient (Wildman–Crippen LogP) is 1.88. The lowest BCUT2D eigenvalue weighted by atomic mass is 10.2. The lowest BCUT2D eigenvalue weighted by molar-refractivity contribution is 0.0593. The quantitative estimate of drug-likeness (QED) is 0.567. The third-order valence-electron chi connectivity index (χ3n) is 1.54. The van der Waals surface area contributed by atoms with Gasteiger partial charge in [-0.1, -0.05) is 5.92 Å². The molecule has 0 N–H and O–H groups in total. The van der Waals surface area contributed by atoms with Gasteiger partial charge >= 0.3 is 5.97 Å². The molecule has 0 bridgehead atoms. The van der Waals surface area contributed by atoms with Crippen LogP contribution in [-0.2, 0) is 4.74 Å². The minimum Gasteiger partial charge on any atom is -0.464 e. The van der Waals surface area contributed by atoms with Gasteiger partial charge in [0.1, 0.15) is 5.69 Å². The Bertz CT molecular complexity index is 418. The molecule has 1 heterocycles. The molecule has 72 valence electrons. The van der Waals surface area contributed by atoms with Gasteiger partial charge in [0.15, 0.2) is 0 Å². The van der Waals surface area contributed by atoms with E-state index in [1.54, 1.807) is 19.1 Å². The van der Waals surface area contributed by atoms with Gasteiger partial charge in [-0.05, 0) is 23.9 Å². The summed E-state index contributed by atoms with van der Waals surface area (Å²) in [6.07, 6.45) is 0. The van der Waals surface area contributed by atoms with Gasteiger partial charge in [-0.2, -0.15) is 0 Å². The molecule has 0 aliphatic rings. The summed E-state index contributed by atoms with van der Waals surface area (Å²) >= 11 is 2.99. The fourth-order valence-electron chi connectivity index (χ4n) is 1.00. The third-order valence-corrected chi connectivity index (χ3v) is 1.74. The van der Waals surface area contributed by atoms with Crippen molar-refractivity contribution in [1.29, 1.82) is 0 Å². The number of methoxy groups -OCH3 is 1. The lowest BCUT2D eigenvalue weighted by Crippen LogP contribution is -2.05. The van der Waals surface area contributed by atoms with E-state index in [4.69, 9.17) is 0 Å². The molecule has 3 nitrogen and oxygen atoms in total. The van der Waals surface area contributed by atoms with E-state index >= 15 is 0 Å². The van der Waals surface area contributed by atoms with Crippen molar-refractivity contribution in [2.45, 2.75) is 6.92 Å². The van der Waals surface area contributed by atoms with E-state index < -0.39 is 5.97 Å². The SMILES string of the molecule is COC(=O)c1cc(C#CBr)cc(C)n1. The molecule has 4 heteroatoms. The van der Waals surface area contributed by atoms with E-state index in [0.29, 0.717) is 0 Å². The van der Waals surface area contributed by atoms with Gasteiger partial charge in [0.25, 0.3) is 0 Å². The van der Waals surface area contributed by atoms with Gasteiger partial charge in [-0.15, -0.1) is 0 Å². The Morgan fingerprint density at radius 3 is 2.86 bits per heavy atom. The molecular formula is C10H8BrNO2. The van der Waals surface area contributed by atoms with E-state index in [1.807, 2.05) is 0 Å². The van der Waals surface area contributed by atoms with Gasteiger partial charge in [-0.25, -0.2) is 9.78 Å². The van der Waals surface area contributed by atoms with Crippen molar-refractivity contribution in [2.24, 2.45) is 0 Å². The van der Waals surface area contributed by atoms with Crippen LogP contribution in [0, 0.1) is 17.7 Å². The monoisotopic (exact) mass is 253 g/mol. The molecule has 0 fully saturated rings. The van der Waals surface area contributed by atoms with Crippen molar-refractivity contribution in [3.63, 3.8) is 0 Å². The number of carbonyl (C=O) groups is 1. The minimum absolute atomic E-state index is 0.276. The summed E-state index contributed by atoms with van der Waals surface area (Å²) in [4.78, 5) is 17.8. The highest BCUT2D eigenvalue weighted by Gasteiger charge is 2.08. The average molecular weight is 254 g/mol. The molecule has 1 rings (SSSR count). The van der Waals surface area contributed by atoms with Crippen LogP contribution in [0.25, 0.3) is 0 Å². The largest absolute Gasteiger partial charge is 0.464 e. The van der Waals surface area contributed by atoms with Crippen LogP contribution in [0.4, 0.5) is 0 Å². The van der Waals surface area contributed by atoms with Crippen LogP contribution in [0.2, 0.25) is 0 Å². The first-order valence-corrected chi connectivity index (χ1v) is 4.65. The topological polar surface area (TPSA) is 39.2 Å². The second-order valence-electron chi connectivity index (χ2n) is 2.59. The number of hydrogen-bond donors (Lipinski definition) is 0.